The monoisotopic (exact) mass is 266 g/mol. The third kappa shape index (κ3) is 3.40. The number of sulfone groups is 1. The highest BCUT2D eigenvalue weighted by molar-refractivity contribution is 7.91. The fourth-order valence-electron chi connectivity index (χ4n) is 2.27. The first-order valence-corrected chi connectivity index (χ1v) is 7.88. The SMILES string of the molecule is C=CCN(Cc1ccccn1)C1CCS(=O)(=O)C1. The van der Waals surface area contributed by atoms with Crippen LogP contribution in [0.25, 0.3) is 0 Å². The van der Waals surface area contributed by atoms with Crippen LogP contribution in [-0.2, 0) is 16.4 Å². The van der Waals surface area contributed by atoms with Crippen LogP contribution in [0.4, 0.5) is 0 Å². The second-order valence-electron chi connectivity index (χ2n) is 4.60. The van der Waals surface area contributed by atoms with Gasteiger partial charge in [0.25, 0.3) is 0 Å². The van der Waals surface area contributed by atoms with Gasteiger partial charge in [0.15, 0.2) is 9.84 Å². The first-order chi connectivity index (χ1) is 8.61. The predicted octanol–water partition coefficient (Wildman–Crippen LogP) is 1.26. The number of aromatic nitrogens is 1. The smallest absolute Gasteiger partial charge is 0.151 e. The fourth-order valence-corrected chi connectivity index (χ4v) is 4.03. The molecule has 1 unspecified atom stereocenters. The molecule has 98 valence electrons. The Kier molecular flexibility index (Phi) is 4.14. The van der Waals surface area contributed by atoms with Crippen molar-refractivity contribution < 1.29 is 8.42 Å². The minimum Gasteiger partial charge on any atom is -0.290 e. The van der Waals surface area contributed by atoms with Crippen molar-refractivity contribution in [3.05, 3.63) is 42.7 Å². The van der Waals surface area contributed by atoms with E-state index < -0.39 is 9.84 Å². The zero-order chi connectivity index (χ0) is 13.0. The standard InChI is InChI=1S/C13H18N2O2S/c1-2-8-15(10-12-5-3-4-7-14-12)13-6-9-18(16,17)11-13/h2-5,7,13H,1,6,8-11H2. The predicted molar refractivity (Wildman–Crippen MR) is 71.9 cm³/mol. The zero-order valence-electron chi connectivity index (χ0n) is 10.3. The van der Waals surface area contributed by atoms with Gasteiger partial charge in [-0.3, -0.25) is 9.88 Å². The van der Waals surface area contributed by atoms with Crippen LogP contribution >= 0.6 is 0 Å². The van der Waals surface area contributed by atoms with Crippen LogP contribution < -0.4 is 0 Å². The Morgan fingerprint density at radius 3 is 2.89 bits per heavy atom. The van der Waals surface area contributed by atoms with Crippen molar-refractivity contribution in [3.8, 4) is 0 Å². The highest BCUT2D eigenvalue weighted by Gasteiger charge is 2.31. The second kappa shape index (κ2) is 5.63. The van der Waals surface area contributed by atoms with Crippen LogP contribution in [0.15, 0.2) is 37.1 Å². The third-order valence-electron chi connectivity index (χ3n) is 3.18. The lowest BCUT2D eigenvalue weighted by molar-refractivity contribution is 0.224. The van der Waals surface area contributed by atoms with Gasteiger partial charge in [0.2, 0.25) is 0 Å². The number of hydrogen-bond donors (Lipinski definition) is 0. The molecule has 4 nitrogen and oxygen atoms in total. The molecule has 0 aromatic carbocycles. The van der Waals surface area contributed by atoms with Crippen molar-refractivity contribution in [1.82, 2.24) is 9.88 Å². The molecule has 0 saturated carbocycles. The molecule has 0 aliphatic carbocycles. The highest BCUT2D eigenvalue weighted by Crippen LogP contribution is 2.19. The molecular formula is C13H18N2O2S. The van der Waals surface area contributed by atoms with E-state index in [-0.39, 0.29) is 11.8 Å². The molecule has 0 radical (unpaired) electrons. The van der Waals surface area contributed by atoms with E-state index in [2.05, 4.69) is 16.5 Å². The summed E-state index contributed by atoms with van der Waals surface area (Å²) in [7, 11) is -2.85. The molecule has 0 N–H and O–H groups in total. The summed E-state index contributed by atoms with van der Waals surface area (Å²) in [5.74, 6) is 0.557. The number of rotatable bonds is 5. The van der Waals surface area contributed by atoms with E-state index in [9.17, 15) is 8.42 Å². The molecule has 1 fully saturated rings. The van der Waals surface area contributed by atoms with Gasteiger partial charge in [-0.25, -0.2) is 8.42 Å². The van der Waals surface area contributed by atoms with Crippen molar-refractivity contribution >= 4 is 9.84 Å². The Morgan fingerprint density at radius 2 is 2.33 bits per heavy atom. The first-order valence-electron chi connectivity index (χ1n) is 6.06. The normalized spacial score (nSPS) is 22.2. The summed E-state index contributed by atoms with van der Waals surface area (Å²) in [4.78, 5) is 6.42. The van der Waals surface area contributed by atoms with Crippen LogP contribution in [-0.4, -0.2) is 42.4 Å². The zero-order valence-corrected chi connectivity index (χ0v) is 11.1. The average molecular weight is 266 g/mol. The molecule has 1 aromatic rings. The molecule has 1 saturated heterocycles. The van der Waals surface area contributed by atoms with Gasteiger partial charge >= 0.3 is 0 Å². The van der Waals surface area contributed by atoms with Crippen LogP contribution in [0, 0.1) is 0 Å². The van der Waals surface area contributed by atoms with E-state index in [0.717, 1.165) is 5.69 Å². The van der Waals surface area contributed by atoms with Gasteiger partial charge in [0.05, 0.1) is 17.2 Å². The minimum absolute atomic E-state index is 0.0926. The van der Waals surface area contributed by atoms with Crippen molar-refractivity contribution in [2.24, 2.45) is 0 Å². The molecule has 2 rings (SSSR count). The summed E-state index contributed by atoms with van der Waals surface area (Å²) in [6.45, 7) is 5.10. The number of hydrogen-bond acceptors (Lipinski definition) is 4. The Bertz CT molecular complexity index is 499. The summed E-state index contributed by atoms with van der Waals surface area (Å²) in [6, 6.07) is 5.87. The molecule has 1 atom stereocenters. The van der Waals surface area contributed by atoms with E-state index in [0.29, 0.717) is 25.3 Å². The fraction of sp³-hybridized carbons (Fsp3) is 0.462. The summed E-state index contributed by atoms with van der Waals surface area (Å²) in [5, 5.41) is 0. The van der Waals surface area contributed by atoms with Crippen LogP contribution in [0.3, 0.4) is 0 Å². The summed E-state index contributed by atoms with van der Waals surface area (Å²) in [5.41, 5.74) is 0.962. The van der Waals surface area contributed by atoms with Gasteiger partial charge in [0, 0.05) is 25.3 Å². The van der Waals surface area contributed by atoms with Crippen molar-refractivity contribution in [1.29, 1.82) is 0 Å². The lowest BCUT2D eigenvalue weighted by Crippen LogP contribution is -2.36. The molecule has 0 amide bonds. The van der Waals surface area contributed by atoms with Crippen molar-refractivity contribution in [2.75, 3.05) is 18.1 Å². The molecule has 0 bridgehead atoms. The summed E-state index contributed by atoms with van der Waals surface area (Å²) in [6.07, 6.45) is 4.28. The first kappa shape index (κ1) is 13.2. The largest absolute Gasteiger partial charge is 0.290 e. The summed E-state index contributed by atoms with van der Waals surface area (Å²) < 4.78 is 23.1. The molecular weight excluding hydrogens is 248 g/mol. The van der Waals surface area contributed by atoms with Crippen LogP contribution in [0.1, 0.15) is 12.1 Å². The van der Waals surface area contributed by atoms with Gasteiger partial charge in [-0.1, -0.05) is 12.1 Å². The number of nitrogens with zero attached hydrogens (tertiary/aromatic N) is 2. The average Bonchev–Trinajstić information content (AvgIpc) is 2.70. The van der Waals surface area contributed by atoms with Gasteiger partial charge in [-0.05, 0) is 18.6 Å². The lowest BCUT2D eigenvalue weighted by atomic mass is 10.2. The van der Waals surface area contributed by atoms with Crippen LogP contribution in [0.5, 0.6) is 0 Å². The molecule has 0 spiro atoms. The van der Waals surface area contributed by atoms with Gasteiger partial charge in [-0.2, -0.15) is 0 Å². The Balaban J connectivity index is 2.07. The van der Waals surface area contributed by atoms with Gasteiger partial charge in [-0.15, -0.1) is 6.58 Å². The highest BCUT2D eigenvalue weighted by atomic mass is 32.2. The molecule has 1 aliphatic rings. The maximum absolute atomic E-state index is 11.5. The minimum atomic E-state index is -2.85. The van der Waals surface area contributed by atoms with Gasteiger partial charge < -0.3 is 0 Å². The maximum Gasteiger partial charge on any atom is 0.151 e. The molecule has 18 heavy (non-hydrogen) atoms. The Hall–Kier alpha value is -1.20. The van der Waals surface area contributed by atoms with E-state index in [4.69, 9.17) is 0 Å². The topological polar surface area (TPSA) is 50.3 Å². The van der Waals surface area contributed by atoms with E-state index >= 15 is 0 Å². The van der Waals surface area contributed by atoms with Crippen LogP contribution in [0.2, 0.25) is 0 Å². The summed E-state index contributed by atoms with van der Waals surface area (Å²) >= 11 is 0. The molecule has 1 aliphatic heterocycles. The van der Waals surface area contributed by atoms with Crippen molar-refractivity contribution in [3.63, 3.8) is 0 Å². The third-order valence-corrected chi connectivity index (χ3v) is 4.93. The second-order valence-corrected chi connectivity index (χ2v) is 6.82. The number of pyridine rings is 1. The molecule has 2 heterocycles. The Morgan fingerprint density at radius 1 is 1.50 bits per heavy atom. The van der Waals surface area contributed by atoms with Gasteiger partial charge in [0.1, 0.15) is 0 Å². The lowest BCUT2D eigenvalue weighted by Gasteiger charge is -2.26. The maximum atomic E-state index is 11.5. The Labute approximate surface area is 108 Å². The molecule has 5 heteroatoms. The van der Waals surface area contributed by atoms with E-state index in [1.807, 2.05) is 24.3 Å². The van der Waals surface area contributed by atoms with Crippen molar-refractivity contribution in [2.45, 2.75) is 19.0 Å². The molecule has 1 aromatic heterocycles. The quantitative estimate of drug-likeness (QED) is 0.753. The van der Waals surface area contributed by atoms with E-state index in [1.165, 1.54) is 0 Å². The van der Waals surface area contributed by atoms with E-state index in [1.54, 1.807) is 6.20 Å².